The highest BCUT2D eigenvalue weighted by Gasteiger charge is 2.30. The van der Waals surface area contributed by atoms with E-state index in [9.17, 15) is 0 Å². The molecule has 2 saturated heterocycles. The fraction of sp³-hybridized carbons (Fsp3) is 0.800. The lowest BCUT2D eigenvalue weighted by atomic mass is 9.89. The van der Waals surface area contributed by atoms with Crippen molar-refractivity contribution in [3.05, 3.63) is 17.8 Å². The van der Waals surface area contributed by atoms with E-state index in [4.69, 9.17) is 14.2 Å². The first-order valence-corrected chi connectivity index (χ1v) is 7.29. The maximum atomic E-state index is 5.93. The van der Waals surface area contributed by atoms with Crippen LogP contribution in [0.2, 0.25) is 0 Å². The van der Waals surface area contributed by atoms with Gasteiger partial charge in [0.2, 0.25) is 0 Å². The van der Waals surface area contributed by atoms with Crippen LogP contribution in [-0.4, -0.2) is 32.0 Å². The molecule has 3 heteroatoms. The molecule has 3 heterocycles. The lowest BCUT2D eigenvalue weighted by Gasteiger charge is -2.34. The van der Waals surface area contributed by atoms with Crippen LogP contribution >= 0.6 is 0 Å². The molecule has 18 heavy (non-hydrogen) atoms. The summed E-state index contributed by atoms with van der Waals surface area (Å²) in [5.74, 6) is 0. The predicted octanol–water partition coefficient (Wildman–Crippen LogP) is 2.88. The number of rotatable bonds is 2. The molecule has 3 nitrogen and oxygen atoms in total. The van der Waals surface area contributed by atoms with E-state index in [2.05, 4.69) is 6.61 Å². The summed E-state index contributed by atoms with van der Waals surface area (Å²) in [6.45, 7) is 5.62. The third-order valence-electron chi connectivity index (χ3n) is 4.07. The Labute approximate surface area is 109 Å². The van der Waals surface area contributed by atoms with E-state index in [0.717, 1.165) is 44.7 Å². The summed E-state index contributed by atoms with van der Waals surface area (Å²) < 4.78 is 17.2. The van der Waals surface area contributed by atoms with E-state index >= 15 is 0 Å². The molecule has 2 fully saturated rings. The van der Waals surface area contributed by atoms with Gasteiger partial charge in [-0.1, -0.05) is 0 Å². The molecule has 3 aliphatic rings. The van der Waals surface area contributed by atoms with Gasteiger partial charge in [0.05, 0.1) is 18.8 Å². The average molecular weight is 250 g/mol. The van der Waals surface area contributed by atoms with Gasteiger partial charge in [0.1, 0.15) is 0 Å². The minimum absolute atomic E-state index is 0.194. The minimum Gasteiger partial charge on any atom is -0.374 e. The molecule has 2 radical (unpaired) electrons. The molecule has 3 aliphatic heterocycles. The molecule has 0 aromatic carbocycles. The van der Waals surface area contributed by atoms with Gasteiger partial charge in [0.15, 0.2) is 6.61 Å². The van der Waals surface area contributed by atoms with Crippen LogP contribution in [0.25, 0.3) is 0 Å². The third-order valence-corrected chi connectivity index (χ3v) is 4.07. The van der Waals surface area contributed by atoms with Crippen LogP contribution in [0.4, 0.5) is 0 Å². The average Bonchev–Trinajstić information content (AvgIpc) is 2.49. The Bertz CT molecular complexity index is 269. The zero-order valence-corrected chi connectivity index (χ0v) is 11.0. The summed E-state index contributed by atoms with van der Waals surface area (Å²) >= 11 is 0. The van der Waals surface area contributed by atoms with E-state index in [1.165, 1.54) is 31.3 Å². The Morgan fingerprint density at radius 1 is 0.833 bits per heavy atom. The molecular formula is C15H22O3. The zero-order valence-electron chi connectivity index (χ0n) is 11.0. The fourth-order valence-corrected chi connectivity index (χ4v) is 3.08. The van der Waals surface area contributed by atoms with Crippen LogP contribution in [0.15, 0.2) is 11.1 Å². The smallest absolute Gasteiger partial charge is 0.164 e. The van der Waals surface area contributed by atoms with Crippen molar-refractivity contribution in [1.82, 2.24) is 0 Å². The number of hydrogen-bond donors (Lipinski definition) is 0. The van der Waals surface area contributed by atoms with Crippen LogP contribution in [0, 0.1) is 6.61 Å². The molecule has 0 N–H and O–H groups in total. The maximum absolute atomic E-state index is 5.93. The first-order valence-electron chi connectivity index (χ1n) is 7.29. The summed E-state index contributed by atoms with van der Waals surface area (Å²) in [5, 5.41) is 0. The molecule has 0 aromatic rings. The molecule has 0 amide bonds. The van der Waals surface area contributed by atoms with Gasteiger partial charge in [-0.2, -0.15) is 0 Å². The van der Waals surface area contributed by atoms with E-state index in [1.54, 1.807) is 0 Å². The van der Waals surface area contributed by atoms with Gasteiger partial charge < -0.3 is 14.2 Å². The van der Waals surface area contributed by atoms with Gasteiger partial charge >= 0.3 is 0 Å². The van der Waals surface area contributed by atoms with E-state index in [0.29, 0.717) is 0 Å². The Kier molecular flexibility index (Phi) is 4.34. The van der Waals surface area contributed by atoms with Gasteiger partial charge in [-0.3, -0.25) is 0 Å². The first kappa shape index (κ1) is 12.6. The molecule has 0 aromatic heterocycles. The van der Waals surface area contributed by atoms with Gasteiger partial charge in [-0.15, -0.1) is 0 Å². The maximum Gasteiger partial charge on any atom is 0.164 e. The monoisotopic (exact) mass is 250 g/mol. The van der Waals surface area contributed by atoms with Gasteiger partial charge in [0.25, 0.3) is 0 Å². The van der Waals surface area contributed by atoms with Crippen molar-refractivity contribution in [3.8, 4) is 0 Å². The largest absolute Gasteiger partial charge is 0.374 e. The number of hydrogen-bond acceptors (Lipinski definition) is 3. The van der Waals surface area contributed by atoms with Crippen molar-refractivity contribution in [3.63, 3.8) is 0 Å². The minimum atomic E-state index is 0.194. The number of ether oxygens (including phenoxy) is 3. The van der Waals surface area contributed by atoms with Gasteiger partial charge in [0, 0.05) is 13.2 Å². The van der Waals surface area contributed by atoms with E-state index in [1.807, 2.05) is 0 Å². The van der Waals surface area contributed by atoms with Gasteiger partial charge in [-0.25, -0.2) is 0 Å². The standard InChI is InChI=1S/C15H22O3/c1-3-8-17-14(5-1)12-7-10-16-11-13(12)15-6-2-4-9-18-15/h14-15H,1-10H2. The molecule has 3 rings (SSSR count). The second-order valence-electron chi connectivity index (χ2n) is 5.35. The Morgan fingerprint density at radius 3 is 2.22 bits per heavy atom. The third kappa shape index (κ3) is 2.79. The zero-order chi connectivity index (χ0) is 12.2. The fourth-order valence-electron chi connectivity index (χ4n) is 3.08. The topological polar surface area (TPSA) is 27.7 Å². The van der Waals surface area contributed by atoms with Crippen LogP contribution in [-0.2, 0) is 14.2 Å². The lowest BCUT2D eigenvalue weighted by Crippen LogP contribution is -2.31. The Balaban J connectivity index is 1.77. The Hall–Kier alpha value is -0.380. The van der Waals surface area contributed by atoms with E-state index in [-0.39, 0.29) is 12.2 Å². The second kappa shape index (κ2) is 6.18. The summed E-state index contributed by atoms with van der Waals surface area (Å²) in [6.07, 6.45) is 8.60. The van der Waals surface area contributed by atoms with Crippen LogP contribution in [0.5, 0.6) is 0 Å². The Morgan fingerprint density at radius 2 is 1.56 bits per heavy atom. The van der Waals surface area contributed by atoms with E-state index < -0.39 is 0 Å². The van der Waals surface area contributed by atoms with Crippen LogP contribution in [0.1, 0.15) is 44.9 Å². The molecule has 0 saturated carbocycles. The SMILES string of the molecule is [C]1OCCC(C2CCCCO2)=C1C1CCCCO1. The highest BCUT2D eigenvalue weighted by atomic mass is 16.5. The molecule has 0 spiro atoms. The van der Waals surface area contributed by atoms with Crippen LogP contribution in [0.3, 0.4) is 0 Å². The van der Waals surface area contributed by atoms with Crippen molar-refractivity contribution < 1.29 is 14.2 Å². The molecular weight excluding hydrogens is 228 g/mol. The first-order chi connectivity index (χ1) is 8.95. The normalized spacial score (nSPS) is 34.7. The molecule has 0 aliphatic carbocycles. The molecule has 2 atom stereocenters. The van der Waals surface area contributed by atoms with Gasteiger partial charge in [-0.05, 0) is 56.1 Å². The van der Waals surface area contributed by atoms with Crippen molar-refractivity contribution >= 4 is 0 Å². The molecule has 100 valence electrons. The summed E-state index contributed by atoms with van der Waals surface area (Å²) in [6, 6.07) is 0. The van der Waals surface area contributed by atoms with Crippen LogP contribution < -0.4 is 0 Å². The molecule has 2 unspecified atom stereocenters. The summed E-state index contributed by atoms with van der Waals surface area (Å²) in [7, 11) is 0. The predicted molar refractivity (Wildman–Crippen MR) is 68.0 cm³/mol. The quantitative estimate of drug-likeness (QED) is 0.754. The highest BCUT2D eigenvalue weighted by Crippen LogP contribution is 2.33. The van der Waals surface area contributed by atoms with Crippen molar-refractivity contribution in [2.45, 2.75) is 57.2 Å². The van der Waals surface area contributed by atoms with Crippen molar-refractivity contribution in [2.24, 2.45) is 0 Å². The van der Waals surface area contributed by atoms with Crippen molar-refractivity contribution in [2.75, 3.05) is 19.8 Å². The highest BCUT2D eigenvalue weighted by molar-refractivity contribution is 5.29. The lowest BCUT2D eigenvalue weighted by molar-refractivity contribution is 0.0129. The second-order valence-corrected chi connectivity index (χ2v) is 5.35. The molecule has 0 bridgehead atoms. The summed E-state index contributed by atoms with van der Waals surface area (Å²) in [5.41, 5.74) is 2.56. The van der Waals surface area contributed by atoms with Crippen molar-refractivity contribution in [1.29, 1.82) is 0 Å². The summed E-state index contributed by atoms with van der Waals surface area (Å²) in [4.78, 5) is 0.